The summed E-state index contributed by atoms with van der Waals surface area (Å²) in [4.78, 5) is 32.2. The third-order valence-corrected chi connectivity index (χ3v) is 22.9. The van der Waals surface area contributed by atoms with E-state index >= 15 is 0 Å². The molecule has 0 bridgehead atoms. The molecule has 0 spiro atoms. The summed E-state index contributed by atoms with van der Waals surface area (Å²) in [6.07, 6.45) is 0. The van der Waals surface area contributed by atoms with Crippen LogP contribution in [0.2, 0.25) is 0 Å². The average Bonchev–Trinajstić information content (AvgIpc) is 1.50. The highest BCUT2D eigenvalue weighted by molar-refractivity contribution is 6.11. The zero-order valence-electron chi connectivity index (χ0n) is 63.8. The number of fused-ring (bicyclic) bond motifs is 8. The second kappa shape index (κ2) is 29.3. The minimum atomic E-state index is 0.524. The molecular formula is C110H68N6O2. The highest BCUT2D eigenvalue weighted by atomic mass is 16.3. The van der Waals surface area contributed by atoms with E-state index in [0.717, 1.165) is 188 Å². The largest absolute Gasteiger partial charge is 0.455 e. The molecule has 0 aliphatic rings. The molecule has 8 nitrogen and oxygen atoms in total. The molecule has 0 radical (unpaired) electrons. The van der Waals surface area contributed by atoms with Crippen LogP contribution in [-0.2, 0) is 0 Å². The Morgan fingerprint density at radius 3 is 0.915 bits per heavy atom. The van der Waals surface area contributed by atoms with Crippen molar-refractivity contribution in [3.63, 3.8) is 0 Å². The standard InChI is InChI=1S/C110H68N6O2/c1-3-21-69(22-4-1)71-49-55-77(56-50-71)90-62-61-76-25-7-8-34-89(76)102(90)110-114-106(113-109(116-110)99-42-20-40-96-94-38-12-14-44-101(94)118-104(96)99)79-59-53-75(54-60-79)83-29-17-32-86(67-83)85-31-16-28-82(66-85)72-45-47-73(48-46-72)84-30-18-33-87(68-84)88-63-64-97(92-36-10-9-35-91(88)92)107-111-105(112-108(115-107)98-41-19-39-95-93-37-11-13-43-100(93)117-103(95)98)78-57-51-74(52-58-78)81-27-15-26-80(65-81)70-23-5-2-6-24-70/h1-68H. The van der Waals surface area contributed by atoms with Gasteiger partial charge in [0.25, 0.3) is 0 Å². The van der Waals surface area contributed by atoms with Crippen LogP contribution in [-0.4, -0.2) is 29.9 Å². The Balaban J connectivity index is 0.554. The van der Waals surface area contributed by atoms with Crippen molar-refractivity contribution in [1.29, 1.82) is 0 Å². The first-order valence-electron chi connectivity index (χ1n) is 39.8. The molecule has 22 rings (SSSR count). The molecule has 0 aliphatic heterocycles. The fourth-order valence-corrected chi connectivity index (χ4v) is 16.9. The molecular weight excluding hydrogens is 1440 g/mol. The molecule has 22 aromatic rings. The van der Waals surface area contributed by atoms with Crippen LogP contribution in [0.1, 0.15) is 0 Å². The number of hydrogen-bond donors (Lipinski definition) is 0. The summed E-state index contributed by atoms with van der Waals surface area (Å²) in [6.45, 7) is 0. The summed E-state index contributed by atoms with van der Waals surface area (Å²) in [5.41, 5.74) is 28.3. The number of furan rings is 2. The van der Waals surface area contributed by atoms with E-state index in [9.17, 15) is 0 Å². The molecule has 4 heterocycles. The van der Waals surface area contributed by atoms with Gasteiger partial charge in [-0.15, -0.1) is 0 Å². The van der Waals surface area contributed by atoms with E-state index in [4.69, 9.17) is 38.7 Å². The van der Waals surface area contributed by atoms with Crippen LogP contribution >= 0.6 is 0 Å². The quantitative estimate of drug-likeness (QED) is 0.1000. The molecule has 0 amide bonds. The molecule has 8 heteroatoms. The topological polar surface area (TPSA) is 104 Å². The monoisotopic (exact) mass is 1500 g/mol. The Morgan fingerprint density at radius 1 is 0.144 bits per heavy atom. The third kappa shape index (κ3) is 12.7. The van der Waals surface area contributed by atoms with Gasteiger partial charge in [0.2, 0.25) is 0 Å². The van der Waals surface area contributed by atoms with E-state index in [1.54, 1.807) is 0 Å². The summed E-state index contributed by atoms with van der Waals surface area (Å²) in [5, 5.41) is 8.34. The Bertz CT molecular complexity index is 7650. The maximum atomic E-state index is 6.67. The van der Waals surface area contributed by atoms with Crippen molar-refractivity contribution in [3.05, 3.63) is 413 Å². The minimum Gasteiger partial charge on any atom is -0.455 e. The summed E-state index contributed by atoms with van der Waals surface area (Å²) in [7, 11) is 0. The first-order chi connectivity index (χ1) is 58.4. The van der Waals surface area contributed by atoms with Gasteiger partial charge < -0.3 is 8.83 Å². The molecule has 118 heavy (non-hydrogen) atoms. The molecule has 0 saturated carbocycles. The van der Waals surface area contributed by atoms with Gasteiger partial charge in [-0.3, -0.25) is 0 Å². The number of hydrogen-bond acceptors (Lipinski definition) is 8. The van der Waals surface area contributed by atoms with Crippen molar-refractivity contribution >= 4 is 65.4 Å². The van der Waals surface area contributed by atoms with E-state index in [0.29, 0.717) is 34.9 Å². The van der Waals surface area contributed by atoms with Crippen LogP contribution in [0.4, 0.5) is 0 Å². The zero-order chi connectivity index (χ0) is 78.0. The molecule has 18 aromatic carbocycles. The second-order valence-electron chi connectivity index (χ2n) is 30.0. The van der Waals surface area contributed by atoms with Crippen molar-refractivity contribution in [2.75, 3.05) is 0 Å². The van der Waals surface area contributed by atoms with Gasteiger partial charge >= 0.3 is 0 Å². The highest BCUT2D eigenvalue weighted by Crippen LogP contribution is 2.45. The fraction of sp³-hybridized carbons (Fsp3) is 0. The number of aromatic nitrogens is 6. The Hall–Kier alpha value is -15.9. The first-order valence-corrected chi connectivity index (χ1v) is 39.8. The molecule has 0 aliphatic carbocycles. The number of rotatable bonds is 15. The van der Waals surface area contributed by atoms with Gasteiger partial charge in [-0.2, -0.15) is 0 Å². The summed E-state index contributed by atoms with van der Waals surface area (Å²) >= 11 is 0. The SMILES string of the molecule is c1ccc(-c2ccc(-c3ccc4ccccc4c3-c3nc(-c4ccc(-c5cccc(-c6cccc(-c7ccc(-c8cccc(-c9ccc(-c%10nc(-c%11ccc(-c%12cccc(-c%13ccccc%13)c%12)cc%11)nc(-c%11cccc%12c%11oc%11ccccc%11%12)n%10)c%10ccccc9%10)c8)cc7)c6)c5)cc4)nc(-c4cccc5c4oc4ccccc45)n3)cc2)cc1. The Morgan fingerprint density at radius 2 is 0.432 bits per heavy atom. The van der Waals surface area contributed by atoms with Crippen molar-refractivity contribution < 1.29 is 8.83 Å². The van der Waals surface area contributed by atoms with Gasteiger partial charge in [0.1, 0.15) is 22.3 Å². The first kappa shape index (κ1) is 68.9. The van der Waals surface area contributed by atoms with Crippen LogP contribution in [0.25, 0.3) is 234 Å². The fourth-order valence-electron chi connectivity index (χ4n) is 16.9. The van der Waals surface area contributed by atoms with Crippen LogP contribution in [0, 0.1) is 0 Å². The van der Waals surface area contributed by atoms with Gasteiger partial charge in [-0.25, -0.2) is 29.9 Å². The molecule has 0 unspecified atom stereocenters. The van der Waals surface area contributed by atoms with E-state index in [1.807, 2.05) is 54.6 Å². The summed E-state index contributed by atoms with van der Waals surface area (Å²) < 4.78 is 13.3. The molecule has 0 saturated heterocycles. The van der Waals surface area contributed by atoms with E-state index in [1.165, 1.54) is 11.1 Å². The molecule has 0 atom stereocenters. The molecule has 4 aromatic heterocycles. The molecule has 0 N–H and O–H groups in total. The Labute approximate surface area is 680 Å². The predicted molar refractivity (Wildman–Crippen MR) is 484 cm³/mol. The highest BCUT2D eigenvalue weighted by Gasteiger charge is 2.25. The van der Waals surface area contributed by atoms with Gasteiger partial charge in [0.15, 0.2) is 34.9 Å². The van der Waals surface area contributed by atoms with Crippen LogP contribution in [0.3, 0.4) is 0 Å². The van der Waals surface area contributed by atoms with Crippen LogP contribution in [0.15, 0.2) is 421 Å². The second-order valence-corrected chi connectivity index (χ2v) is 30.0. The predicted octanol–water partition coefficient (Wildman–Crippen LogP) is 29.2. The number of benzene rings is 18. The number of nitrogens with zero attached hydrogens (tertiary/aromatic N) is 6. The van der Waals surface area contributed by atoms with Crippen molar-refractivity contribution in [3.8, 4) is 168 Å². The average molecular weight is 1510 g/mol. The minimum absolute atomic E-state index is 0.524. The van der Waals surface area contributed by atoms with Gasteiger partial charge in [0.05, 0.1) is 11.1 Å². The summed E-state index contributed by atoms with van der Waals surface area (Å²) in [6, 6.07) is 146. The normalized spacial score (nSPS) is 11.6. The maximum Gasteiger partial charge on any atom is 0.167 e. The van der Waals surface area contributed by atoms with E-state index in [2.05, 4.69) is 358 Å². The smallest absolute Gasteiger partial charge is 0.167 e. The van der Waals surface area contributed by atoms with Gasteiger partial charge in [-0.1, -0.05) is 358 Å². The molecule has 550 valence electrons. The number of para-hydroxylation sites is 4. The van der Waals surface area contributed by atoms with E-state index in [-0.39, 0.29) is 0 Å². The Kier molecular flexibility index (Phi) is 17.1. The lowest BCUT2D eigenvalue weighted by Gasteiger charge is -2.15. The van der Waals surface area contributed by atoms with Gasteiger partial charge in [0, 0.05) is 43.8 Å². The third-order valence-electron chi connectivity index (χ3n) is 22.9. The van der Waals surface area contributed by atoms with E-state index < -0.39 is 0 Å². The van der Waals surface area contributed by atoms with Crippen molar-refractivity contribution in [1.82, 2.24) is 29.9 Å². The summed E-state index contributed by atoms with van der Waals surface area (Å²) in [5.74, 6) is 3.31. The lowest BCUT2D eigenvalue weighted by Crippen LogP contribution is -2.02. The lowest BCUT2D eigenvalue weighted by molar-refractivity contribution is 0.669. The van der Waals surface area contributed by atoms with Crippen LogP contribution < -0.4 is 0 Å². The van der Waals surface area contributed by atoms with Crippen molar-refractivity contribution in [2.45, 2.75) is 0 Å². The maximum absolute atomic E-state index is 6.67. The zero-order valence-corrected chi connectivity index (χ0v) is 63.8. The lowest BCUT2D eigenvalue weighted by atomic mass is 9.92. The van der Waals surface area contributed by atoms with Gasteiger partial charge in [-0.05, 0) is 176 Å². The molecule has 0 fully saturated rings. The van der Waals surface area contributed by atoms with Crippen LogP contribution in [0.5, 0.6) is 0 Å². The van der Waals surface area contributed by atoms with Crippen molar-refractivity contribution in [2.24, 2.45) is 0 Å².